The molecule has 0 saturated carbocycles. The summed E-state index contributed by atoms with van der Waals surface area (Å²) < 4.78 is 12.8. The SMILES string of the molecule is CC(C)CC(C)(C)C(C)F. The minimum atomic E-state index is -0.699. The highest BCUT2D eigenvalue weighted by Crippen LogP contribution is 2.30. The molecule has 0 amide bonds. The lowest BCUT2D eigenvalue weighted by molar-refractivity contribution is 0.132. The van der Waals surface area contributed by atoms with Crippen LogP contribution in [0.5, 0.6) is 0 Å². The molecule has 1 unspecified atom stereocenters. The Labute approximate surface area is 63.8 Å². The van der Waals surface area contributed by atoms with Gasteiger partial charge in [0, 0.05) is 0 Å². The molecule has 0 bridgehead atoms. The average molecular weight is 146 g/mol. The second-order valence-electron chi connectivity index (χ2n) is 4.20. The van der Waals surface area contributed by atoms with Crippen molar-refractivity contribution in [2.24, 2.45) is 11.3 Å². The smallest absolute Gasteiger partial charge is 0.102 e. The molecule has 1 atom stereocenters. The first-order chi connectivity index (χ1) is 4.36. The summed E-state index contributed by atoms with van der Waals surface area (Å²) in [6, 6.07) is 0. The van der Waals surface area contributed by atoms with Gasteiger partial charge in [-0.05, 0) is 24.7 Å². The lowest BCUT2D eigenvalue weighted by Crippen LogP contribution is -2.24. The first-order valence-electron chi connectivity index (χ1n) is 4.00. The number of alkyl halides is 1. The van der Waals surface area contributed by atoms with Gasteiger partial charge in [-0.3, -0.25) is 0 Å². The van der Waals surface area contributed by atoms with E-state index in [-0.39, 0.29) is 5.41 Å². The van der Waals surface area contributed by atoms with Crippen molar-refractivity contribution in [3.8, 4) is 0 Å². The zero-order valence-corrected chi connectivity index (χ0v) is 7.74. The van der Waals surface area contributed by atoms with Gasteiger partial charge in [0.15, 0.2) is 0 Å². The van der Waals surface area contributed by atoms with E-state index in [9.17, 15) is 4.39 Å². The molecule has 0 aromatic heterocycles. The lowest BCUT2D eigenvalue weighted by atomic mass is 9.80. The standard InChI is InChI=1S/C9H19F/c1-7(2)6-9(4,5)8(3)10/h7-8H,6H2,1-5H3. The van der Waals surface area contributed by atoms with E-state index in [0.29, 0.717) is 5.92 Å². The monoisotopic (exact) mass is 146 g/mol. The molecule has 0 N–H and O–H groups in total. The first-order valence-corrected chi connectivity index (χ1v) is 4.00. The molecule has 0 aliphatic rings. The topological polar surface area (TPSA) is 0 Å². The lowest BCUT2D eigenvalue weighted by Gasteiger charge is -2.27. The number of rotatable bonds is 3. The molecule has 0 aromatic carbocycles. The van der Waals surface area contributed by atoms with Crippen LogP contribution in [0.2, 0.25) is 0 Å². The summed E-state index contributed by atoms with van der Waals surface area (Å²) in [6.45, 7) is 9.87. The Balaban J connectivity index is 3.87. The predicted molar refractivity (Wildman–Crippen MR) is 43.8 cm³/mol. The third-order valence-corrected chi connectivity index (χ3v) is 2.01. The molecule has 0 rings (SSSR count). The van der Waals surface area contributed by atoms with Crippen molar-refractivity contribution < 1.29 is 4.39 Å². The Kier molecular flexibility index (Phi) is 3.34. The van der Waals surface area contributed by atoms with Crippen LogP contribution in [0.3, 0.4) is 0 Å². The van der Waals surface area contributed by atoms with Crippen LogP contribution in [0.15, 0.2) is 0 Å². The zero-order chi connectivity index (χ0) is 8.36. The summed E-state index contributed by atoms with van der Waals surface area (Å²) in [5.74, 6) is 0.591. The third kappa shape index (κ3) is 3.19. The van der Waals surface area contributed by atoms with E-state index >= 15 is 0 Å². The quantitative estimate of drug-likeness (QED) is 0.572. The van der Waals surface area contributed by atoms with Gasteiger partial charge in [0.2, 0.25) is 0 Å². The Morgan fingerprint density at radius 1 is 1.20 bits per heavy atom. The Bertz CT molecular complexity index is 92.9. The van der Waals surface area contributed by atoms with Gasteiger partial charge in [0.1, 0.15) is 6.17 Å². The summed E-state index contributed by atoms with van der Waals surface area (Å²) in [6.07, 6.45) is 0.264. The summed E-state index contributed by atoms with van der Waals surface area (Å²) >= 11 is 0. The van der Waals surface area contributed by atoms with Gasteiger partial charge in [-0.1, -0.05) is 27.7 Å². The molecule has 0 aromatic rings. The van der Waals surface area contributed by atoms with Crippen LogP contribution >= 0.6 is 0 Å². The average Bonchev–Trinajstić information content (AvgIpc) is 1.60. The van der Waals surface area contributed by atoms with E-state index in [4.69, 9.17) is 0 Å². The van der Waals surface area contributed by atoms with Crippen LogP contribution in [-0.2, 0) is 0 Å². The van der Waals surface area contributed by atoms with Crippen molar-refractivity contribution in [2.45, 2.75) is 47.2 Å². The van der Waals surface area contributed by atoms with Crippen LogP contribution in [-0.4, -0.2) is 6.17 Å². The Morgan fingerprint density at radius 2 is 1.60 bits per heavy atom. The molecule has 0 aliphatic carbocycles. The van der Waals surface area contributed by atoms with Crippen molar-refractivity contribution in [1.29, 1.82) is 0 Å². The normalized spacial score (nSPS) is 15.9. The van der Waals surface area contributed by atoms with Crippen LogP contribution in [0.25, 0.3) is 0 Å². The second kappa shape index (κ2) is 3.36. The molecule has 62 valence electrons. The van der Waals surface area contributed by atoms with E-state index in [0.717, 1.165) is 6.42 Å². The van der Waals surface area contributed by atoms with Crippen molar-refractivity contribution in [1.82, 2.24) is 0 Å². The van der Waals surface area contributed by atoms with Crippen LogP contribution in [0.1, 0.15) is 41.0 Å². The maximum absolute atomic E-state index is 12.8. The zero-order valence-electron chi connectivity index (χ0n) is 7.74. The number of halogens is 1. The highest BCUT2D eigenvalue weighted by atomic mass is 19.1. The van der Waals surface area contributed by atoms with Gasteiger partial charge >= 0.3 is 0 Å². The van der Waals surface area contributed by atoms with Gasteiger partial charge < -0.3 is 0 Å². The second-order valence-corrected chi connectivity index (χ2v) is 4.20. The van der Waals surface area contributed by atoms with E-state index in [1.807, 2.05) is 13.8 Å². The first kappa shape index (κ1) is 9.93. The summed E-state index contributed by atoms with van der Waals surface area (Å²) in [4.78, 5) is 0. The molecular weight excluding hydrogens is 127 g/mol. The van der Waals surface area contributed by atoms with Gasteiger partial charge in [-0.2, -0.15) is 0 Å². The maximum atomic E-state index is 12.8. The van der Waals surface area contributed by atoms with Crippen LogP contribution in [0.4, 0.5) is 4.39 Å². The fourth-order valence-corrected chi connectivity index (χ4v) is 1.21. The molecular formula is C9H19F. The number of hydrogen-bond acceptors (Lipinski definition) is 0. The van der Waals surface area contributed by atoms with Gasteiger partial charge in [-0.25, -0.2) is 4.39 Å². The molecule has 0 heterocycles. The Morgan fingerprint density at radius 3 is 1.70 bits per heavy atom. The van der Waals surface area contributed by atoms with E-state index in [1.54, 1.807) is 6.92 Å². The molecule has 0 radical (unpaired) electrons. The van der Waals surface area contributed by atoms with E-state index in [2.05, 4.69) is 13.8 Å². The minimum Gasteiger partial charge on any atom is -0.247 e. The van der Waals surface area contributed by atoms with Crippen molar-refractivity contribution in [2.75, 3.05) is 0 Å². The molecule has 0 aliphatic heterocycles. The predicted octanol–water partition coefficient (Wildman–Crippen LogP) is 3.42. The molecule has 0 nitrogen and oxygen atoms in total. The van der Waals surface area contributed by atoms with E-state index in [1.165, 1.54) is 0 Å². The molecule has 1 heteroatoms. The third-order valence-electron chi connectivity index (χ3n) is 2.01. The summed E-state index contributed by atoms with van der Waals surface area (Å²) in [7, 11) is 0. The molecule has 0 saturated heterocycles. The van der Waals surface area contributed by atoms with Gasteiger partial charge in [0.05, 0.1) is 0 Å². The molecule has 0 fully saturated rings. The Hall–Kier alpha value is -0.0700. The minimum absolute atomic E-state index is 0.145. The largest absolute Gasteiger partial charge is 0.247 e. The number of hydrogen-bond donors (Lipinski definition) is 0. The van der Waals surface area contributed by atoms with Crippen molar-refractivity contribution in [3.05, 3.63) is 0 Å². The van der Waals surface area contributed by atoms with Gasteiger partial charge in [-0.15, -0.1) is 0 Å². The van der Waals surface area contributed by atoms with Crippen molar-refractivity contribution in [3.63, 3.8) is 0 Å². The summed E-state index contributed by atoms with van der Waals surface area (Å²) in [5, 5.41) is 0. The molecule has 0 spiro atoms. The van der Waals surface area contributed by atoms with E-state index < -0.39 is 6.17 Å². The summed E-state index contributed by atoms with van der Waals surface area (Å²) in [5.41, 5.74) is -0.145. The fraction of sp³-hybridized carbons (Fsp3) is 1.00. The molecule has 10 heavy (non-hydrogen) atoms. The fourth-order valence-electron chi connectivity index (χ4n) is 1.21. The van der Waals surface area contributed by atoms with Crippen molar-refractivity contribution >= 4 is 0 Å². The van der Waals surface area contributed by atoms with Crippen LogP contribution in [0, 0.1) is 11.3 Å². The highest BCUT2D eigenvalue weighted by Gasteiger charge is 2.26. The highest BCUT2D eigenvalue weighted by molar-refractivity contribution is 4.75. The maximum Gasteiger partial charge on any atom is 0.102 e. The van der Waals surface area contributed by atoms with Crippen LogP contribution < -0.4 is 0 Å². The van der Waals surface area contributed by atoms with Gasteiger partial charge in [0.25, 0.3) is 0 Å².